The molecule has 3 aliphatic rings. The van der Waals surface area contributed by atoms with Gasteiger partial charge in [-0.3, -0.25) is 49.1 Å². The highest BCUT2D eigenvalue weighted by atomic mass is 16.5. The van der Waals surface area contributed by atoms with Gasteiger partial charge in [-0.1, -0.05) is 23.7 Å². The number of aromatic amines is 2. The minimum absolute atomic E-state index is 0.0723. The number of benzene rings is 2. The van der Waals surface area contributed by atoms with Crippen molar-refractivity contribution in [3.05, 3.63) is 131 Å². The number of ether oxygens (including phenoxy) is 2. The molecule has 70 heavy (non-hydrogen) atoms. The molecular formula is C50H50N14O6. The van der Waals surface area contributed by atoms with Gasteiger partial charge in [0.15, 0.2) is 0 Å². The fourth-order valence-electron chi connectivity index (χ4n) is 8.23. The SMILES string of the molecule is C[C@H]1Oc2ccc(C#CCN3CCN(CC#Cc4ccc5c(c4)N(C)C(=O)[C@@H](NC(=O)c4n[nH]c(Cc6ccncc6)n4)[C@@H](C)O5)CC3)cc2N(C)C(=O)[C@H]1NC(=O)c1n[nH]c(Cc2ccncc2)n1. The molecule has 9 rings (SSSR count). The molecule has 20 nitrogen and oxygen atoms in total. The molecule has 1 saturated heterocycles. The number of amides is 4. The van der Waals surface area contributed by atoms with Crippen molar-refractivity contribution in [3.63, 3.8) is 0 Å². The van der Waals surface area contributed by atoms with E-state index in [4.69, 9.17) is 9.47 Å². The number of likely N-dealkylation sites (N-methyl/N-ethyl adjacent to an activating group) is 2. The standard InChI is InChI=1S/C50H50N14O6/c1-31-43(55-47(65)45-53-41(57-59-45)29-35-13-17-51-18-14-35)49(67)61(3)37-27-33(9-11-39(37)69-31)7-5-21-63-23-25-64(26-24-63)22-6-8-34-10-12-40-38(28-34)62(4)50(68)44(32(2)70-40)56-48(66)46-54-42(58-60-46)30-36-15-19-52-20-16-36/h9-20,27-28,31-32,43-44H,21-26,29-30H2,1-4H3,(H,55,65)(H,56,66)(H,53,57,59)(H,54,58,60)/t31-,32-,43+,44+/m1/s1. The maximum absolute atomic E-state index is 13.7. The van der Waals surface area contributed by atoms with Gasteiger partial charge in [0.25, 0.3) is 23.6 Å². The Hall–Kier alpha value is -8.46. The second kappa shape index (κ2) is 20.8. The lowest BCUT2D eigenvalue weighted by atomic mass is 10.1. The van der Waals surface area contributed by atoms with E-state index in [1.807, 2.05) is 48.5 Å². The first-order valence-electron chi connectivity index (χ1n) is 22.8. The maximum atomic E-state index is 13.7. The fourth-order valence-corrected chi connectivity index (χ4v) is 8.23. The van der Waals surface area contributed by atoms with E-state index < -0.39 is 36.1 Å². The summed E-state index contributed by atoms with van der Waals surface area (Å²) in [6, 6.07) is 16.4. The van der Waals surface area contributed by atoms with E-state index in [1.165, 1.54) is 9.80 Å². The van der Waals surface area contributed by atoms with E-state index in [-0.39, 0.29) is 23.5 Å². The van der Waals surface area contributed by atoms with Crippen molar-refractivity contribution in [2.75, 3.05) is 63.2 Å². The third-order valence-corrected chi connectivity index (χ3v) is 12.2. The number of hydrogen-bond acceptors (Lipinski definition) is 14. The van der Waals surface area contributed by atoms with E-state index in [0.717, 1.165) is 48.4 Å². The van der Waals surface area contributed by atoms with Crippen LogP contribution in [0.25, 0.3) is 0 Å². The van der Waals surface area contributed by atoms with Crippen molar-refractivity contribution >= 4 is 35.0 Å². The van der Waals surface area contributed by atoms with E-state index in [2.05, 4.69) is 84.4 Å². The molecule has 0 unspecified atom stereocenters. The van der Waals surface area contributed by atoms with Crippen LogP contribution in [0.2, 0.25) is 0 Å². The Morgan fingerprint density at radius 3 is 1.43 bits per heavy atom. The molecule has 7 heterocycles. The molecule has 20 heteroatoms. The fraction of sp³-hybridized carbons (Fsp3) is 0.320. The number of anilines is 2. The van der Waals surface area contributed by atoms with Crippen molar-refractivity contribution in [3.8, 4) is 35.2 Å². The molecule has 0 saturated carbocycles. The van der Waals surface area contributed by atoms with E-state index in [1.54, 1.807) is 64.9 Å². The van der Waals surface area contributed by atoms with Crippen molar-refractivity contribution in [1.82, 2.24) is 60.8 Å². The number of nitrogens with one attached hydrogen (secondary N) is 4. The second-order valence-electron chi connectivity index (χ2n) is 17.1. The summed E-state index contributed by atoms with van der Waals surface area (Å²) in [5.41, 5.74) is 4.47. The summed E-state index contributed by atoms with van der Waals surface area (Å²) in [7, 11) is 3.30. The Bertz CT molecular complexity index is 2820. The molecule has 3 aliphatic heterocycles. The number of rotatable bonds is 10. The molecule has 356 valence electrons. The van der Waals surface area contributed by atoms with E-state index in [9.17, 15) is 19.2 Å². The Morgan fingerprint density at radius 1 is 0.629 bits per heavy atom. The second-order valence-corrected chi connectivity index (χ2v) is 17.1. The highest BCUT2D eigenvalue weighted by Gasteiger charge is 2.38. The number of pyridine rings is 2. The van der Waals surface area contributed by atoms with Crippen LogP contribution in [0.15, 0.2) is 85.5 Å². The summed E-state index contributed by atoms with van der Waals surface area (Å²) in [4.78, 5) is 78.0. The molecule has 4 aromatic heterocycles. The van der Waals surface area contributed by atoms with Gasteiger partial charge in [-0.05, 0) is 85.6 Å². The van der Waals surface area contributed by atoms with Crippen LogP contribution in [-0.4, -0.2) is 151 Å². The third-order valence-electron chi connectivity index (χ3n) is 12.2. The van der Waals surface area contributed by atoms with Gasteiger partial charge in [0.1, 0.15) is 47.4 Å². The number of nitrogens with zero attached hydrogens (tertiary/aromatic N) is 10. The van der Waals surface area contributed by atoms with Crippen LogP contribution in [-0.2, 0) is 22.4 Å². The highest BCUT2D eigenvalue weighted by molar-refractivity contribution is 6.04. The molecule has 4 N–H and O–H groups in total. The number of carbonyl (C=O) groups is 4. The van der Waals surface area contributed by atoms with Crippen LogP contribution < -0.4 is 29.9 Å². The lowest BCUT2D eigenvalue weighted by Gasteiger charge is -2.32. The summed E-state index contributed by atoms with van der Waals surface area (Å²) in [5, 5.41) is 19.3. The third kappa shape index (κ3) is 10.8. The van der Waals surface area contributed by atoms with Crippen LogP contribution in [0.4, 0.5) is 11.4 Å². The summed E-state index contributed by atoms with van der Waals surface area (Å²) >= 11 is 0. The summed E-state index contributed by atoms with van der Waals surface area (Å²) in [6.45, 7) is 7.88. The van der Waals surface area contributed by atoms with Crippen LogP contribution in [0, 0.1) is 23.7 Å². The number of hydrogen-bond donors (Lipinski definition) is 4. The predicted molar refractivity (Wildman–Crippen MR) is 256 cm³/mol. The summed E-state index contributed by atoms with van der Waals surface area (Å²) in [6.07, 6.45) is 6.25. The molecule has 0 aliphatic carbocycles. The molecule has 4 atom stereocenters. The zero-order valence-corrected chi connectivity index (χ0v) is 39.0. The molecule has 0 spiro atoms. The topological polar surface area (TPSA) is 233 Å². The van der Waals surface area contributed by atoms with E-state index in [0.29, 0.717) is 60.5 Å². The first-order chi connectivity index (χ1) is 33.9. The van der Waals surface area contributed by atoms with Gasteiger partial charge in [0, 0.05) is 89.0 Å². The Morgan fingerprint density at radius 2 is 1.03 bits per heavy atom. The smallest absolute Gasteiger partial charge is 0.291 e. The monoisotopic (exact) mass is 942 g/mol. The zero-order chi connectivity index (χ0) is 48.7. The lowest BCUT2D eigenvalue weighted by molar-refractivity contribution is -0.122. The minimum atomic E-state index is -0.989. The predicted octanol–water partition coefficient (Wildman–Crippen LogP) is 2.00. The van der Waals surface area contributed by atoms with Gasteiger partial charge in [-0.25, -0.2) is 9.97 Å². The van der Waals surface area contributed by atoms with Crippen LogP contribution in [0.3, 0.4) is 0 Å². The van der Waals surface area contributed by atoms with Gasteiger partial charge in [0.05, 0.1) is 24.5 Å². The summed E-state index contributed by atoms with van der Waals surface area (Å²) < 4.78 is 12.4. The summed E-state index contributed by atoms with van der Waals surface area (Å²) in [5.74, 6) is 13.1. The van der Waals surface area contributed by atoms with Gasteiger partial charge >= 0.3 is 0 Å². The van der Waals surface area contributed by atoms with Crippen molar-refractivity contribution in [2.45, 2.75) is 51.0 Å². The van der Waals surface area contributed by atoms with Crippen LogP contribution >= 0.6 is 0 Å². The Labute approximate surface area is 403 Å². The number of H-pyrrole nitrogens is 2. The number of aromatic nitrogens is 8. The first kappa shape index (κ1) is 46.6. The molecule has 0 radical (unpaired) electrons. The molecule has 2 aromatic carbocycles. The van der Waals surface area contributed by atoms with Crippen molar-refractivity contribution in [1.29, 1.82) is 0 Å². The minimum Gasteiger partial charge on any atom is -0.486 e. The average Bonchev–Trinajstić information content (AvgIpc) is 4.02. The maximum Gasteiger partial charge on any atom is 0.291 e. The Kier molecular flexibility index (Phi) is 13.9. The van der Waals surface area contributed by atoms with Gasteiger partial charge in [0.2, 0.25) is 11.6 Å². The van der Waals surface area contributed by atoms with Crippen molar-refractivity contribution in [2.24, 2.45) is 0 Å². The Balaban J connectivity index is 0.739. The van der Waals surface area contributed by atoms with Crippen LogP contribution in [0.1, 0.15) is 69.0 Å². The number of piperazine rings is 1. The van der Waals surface area contributed by atoms with Gasteiger partial charge < -0.3 is 29.9 Å². The normalized spacial score (nSPS) is 19.1. The van der Waals surface area contributed by atoms with Gasteiger partial charge in [-0.2, -0.15) is 0 Å². The zero-order valence-electron chi connectivity index (χ0n) is 39.0. The molecule has 0 bridgehead atoms. The average molecular weight is 943 g/mol. The van der Waals surface area contributed by atoms with Crippen molar-refractivity contribution < 1.29 is 28.7 Å². The molecule has 6 aromatic rings. The number of fused-ring (bicyclic) bond motifs is 2. The van der Waals surface area contributed by atoms with Crippen LogP contribution in [0.5, 0.6) is 11.5 Å². The van der Waals surface area contributed by atoms with E-state index >= 15 is 0 Å². The first-order valence-corrected chi connectivity index (χ1v) is 22.8. The lowest BCUT2D eigenvalue weighted by Crippen LogP contribution is -2.53. The molecule has 1 fully saturated rings. The largest absolute Gasteiger partial charge is 0.486 e. The molecule has 4 amide bonds. The quantitative estimate of drug-likeness (QED) is 0.144. The highest BCUT2D eigenvalue weighted by Crippen LogP contribution is 2.35. The molecular weight excluding hydrogens is 893 g/mol. The van der Waals surface area contributed by atoms with Gasteiger partial charge in [-0.15, -0.1) is 10.2 Å². The number of carbonyl (C=O) groups excluding carboxylic acids is 4.